The van der Waals surface area contributed by atoms with Crippen LogP contribution in [-0.2, 0) is 9.53 Å². The number of rotatable bonds is 3. The minimum Gasteiger partial charge on any atom is -0.508 e. The Balaban J connectivity index is 1.95. The quantitative estimate of drug-likeness (QED) is 0.877. The Hall–Kier alpha value is -1.75. The predicted molar refractivity (Wildman–Crippen MR) is 95.6 cm³/mol. The molecule has 0 aromatic heterocycles. The zero-order valence-electron chi connectivity index (χ0n) is 15.5. The van der Waals surface area contributed by atoms with Crippen LogP contribution in [0.5, 0.6) is 11.5 Å². The van der Waals surface area contributed by atoms with E-state index in [4.69, 9.17) is 9.47 Å². The van der Waals surface area contributed by atoms with Crippen molar-refractivity contribution in [1.82, 2.24) is 5.32 Å². The van der Waals surface area contributed by atoms with Gasteiger partial charge in [0.25, 0.3) is 0 Å². The predicted octanol–water partition coefficient (Wildman–Crippen LogP) is 3.56. The van der Waals surface area contributed by atoms with E-state index in [1.54, 1.807) is 26.2 Å². The van der Waals surface area contributed by atoms with Crippen molar-refractivity contribution in [2.24, 2.45) is 11.8 Å². The number of hydrogen-bond donors (Lipinski definition) is 2. The molecule has 138 valence electrons. The third kappa shape index (κ3) is 3.61. The van der Waals surface area contributed by atoms with Crippen LogP contribution in [0.15, 0.2) is 18.2 Å². The number of nitrogens with one attached hydrogen (secondary N) is 1. The highest BCUT2D eigenvalue weighted by Gasteiger charge is 2.49. The molecule has 0 unspecified atom stereocenters. The third-order valence-corrected chi connectivity index (χ3v) is 5.86. The molecule has 2 aliphatic rings. The van der Waals surface area contributed by atoms with Gasteiger partial charge in [-0.3, -0.25) is 4.79 Å². The number of amides is 1. The van der Waals surface area contributed by atoms with Gasteiger partial charge in [0, 0.05) is 30.4 Å². The summed E-state index contributed by atoms with van der Waals surface area (Å²) >= 11 is 0. The summed E-state index contributed by atoms with van der Waals surface area (Å²) in [5, 5.41) is 13.5. The minimum atomic E-state index is -0.338. The number of carbonyl (C=O) groups is 1. The number of fused-ring (bicyclic) bond motifs is 1. The molecule has 1 aromatic carbocycles. The van der Waals surface area contributed by atoms with Crippen molar-refractivity contribution in [1.29, 1.82) is 0 Å². The maximum Gasteiger partial charge on any atom is 0.217 e. The van der Waals surface area contributed by atoms with Crippen molar-refractivity contribution < 1.29 is 19.4 Å². The summed E-state index contributed by atoms with van der Waals surface area (Å²) in [6.07, 6.45) is 3.67. The minimum absolute atomic E-state index is 0.0182. The summed E-state index contributed by atoms with van der Waals surface area (Å²) in [6.45, 7) is 5.94. The molecular formula is C20H29NO4. The van der Waals surface area contributed by atoms with Gasteiger partial charge in [0.1, 0.15) is 11.5 Å². The van der Waals surface area contributed by atoms with Crippen LogP contribution >= 0.6 is 0 Å². The molecule has 0 bridgehead atoms. The molecule has 1 saturated carbocycles. The van der Waals surface area contributed by atoms with E-state index < -0.39 is 0 Å². The molecule has 5 heteroatoms. The lowest BCUT2D eigenvalue weighted by atomic mass is 9.66. The molecule has 25 heavy (non-hydrogen) atoms. The molecule has 5 atom stereocenters. The molecule has 2 N–H and O–H groups in total. The van der Waals surface area contributed by atoms with Crippen molar-refractivity contribution >= 4 is 5.91 Å². The molecule has 1 aromatic rings. The second kappa shape index (κ2) is 6.87. The van der Waals surface area contributed by atoms with Crippen LogP contribution in [-0.4, -0.2) is 29.8 Å². The smallest absolute Gasteiger partial charge is 0.217 e. The molecule has 1 aliphatic heterocycles. The number of phenols is 1. The van der Waals surface area contributed by atoms with Crippen LogP contribution in [0.2, 0.25) is 0 Å². The lowest BCUT2D eigenvalue weighted by molar-refractivity contribution is -0.153. The SMILES string of the molecule is COc1ccc(O)c([C@H]2C[C@@](C)(NC(C)=O)[C@@H]3CC[C@@H](C)C[C@H]3O2)c1. The molecule has 1 aliphatic carbocycles. The van der Waals surface area contributed by atoms with Crippen LogP contribution in [0.3, 0.4) is 0 Å². The van der Waals surface area contributed by atoms with Gasteiger partial charge in [-0.2, -0.15) is 0 Å². The summed E-state index contributed by atoms with van der Waals surface area (Å²) in [7, 11) is 1.61. The number of ether oxygens (including phenoxy) is 2. The average Bonchev–Trinajstić information content (AvgIpc) is 2.53. The molecule has 0 spiro atoms. The first-order valence-corrected chi connectivity index (χ1v) is 9.13. The van der Waals surface area contributed by atoms with E-state index in [2.05, 4.69) is 19.2 Å². The van der Waals surface area contributed by atoms with Gasteiger partial charge in [-0.1, -0.05) is 13.3 Å². The molecule has 1 amide bonds. The Bertz CT molecular complexity index is 647. The van der Waals surface area contributed by atoms with E-state index in [0.29, 0.717) is 24.0 Å². The van der Waals surface area contributed by atoms with Crippen LogP contribution in [0.25, 0.3) is 0 Å². The second-order valence-electron chi connectivity index (χ2n) is 7.92. The van der Waals surface area contributed by atoms with Crippen LogP contribution in [0, 0.1) is 11.8 Å². The number of carbonyl (C=O) groups excluding carboxylic acids is 1. The Morgan fingerprint density at radius 3 is 2.84 bits per heavy atom. The zero-order valence-corrected chi connectivity index (χ0v) is 15.5. The summed E-state index contributed by atoms with van der Waals surface area (Å²) in [4.78, 5) is 11.8. The molecule has 1 heterocycles. The molecule has 0 radical (unpaired) electrons. The van der Waals surface area contributed by atoms with Gasteiger partial charge in [0.2, 0.25) is 5.91 Å². The van der Waals surface area contributed by atoms with Crippen LogP contribution in [0.4, 0.5) is 0 Å². The fourth-order valence-corrected chi connectivity index (χ4v) is 4.65. The van der Waals surface area contributed by atoms with Crippen molar-refractivity contribution in [3.05, 3.63) is 23.8 Å². The van der Waals surface area contributed by atoms with E-state index in [-0.39, 0.29) is 29.4 Å². The summed E-state index contributed by atoms with van der Waals surface area (Å²) in [5.41, 5.74) is 0.391. The molecule has 2 fully saturated rings. The normalized spacial score (nSPS) is 34.9. The monoisotopic (exact) mass is 347 g/mol. The van der Waals surface area contributed by atoms with Gasteiger partial charge < -0.3 is 19.9 Å². The van der Waals surface area contributed by atoms with Gasteiger partial charge in [0.05, 0.1) is 19.3 Å². The highest BCUT2D eigenvalue weighted by atomic mass is 16.5. The maximum absolute atomic E-state index is 11.8. The Labute approximate surface area is 149 Å². The Morgan fingerprint density at radius 1 is 1.40 bits per heavy atom. The Kier molecular flexibility index (Phi) is 4.96. The van der Waals surface area contributed by atoms with E-state index in [1.807, 2.05) is 6.07 Å². The standard InChI is InChI=1S/C20H29NO4/c1-12-5-7-16-18(9-12)25-19(11-20(16,3)21-13(2)22)15-10-14(24-4)6-8-17(15)23/h6,8,10,12,16,18-19,23H,5,7,9,11H2,1-4H3,(H,21,22)/t12-,16-,18-,19-,20-/m1/s1. The van der Waals surface area contributed by atoms with Gasteiger partial charge in [-0.05, 0) is 43.9 Å². The van der Waals surface area contributed by atoms with Crippen molar-refractivity contribution in [3.8, 4) is 11.5 Å². The van der Waals surface area contributed by atoms with E-state index in [9.17, 15) is 9.90 Å². The third-order valence-electron chi connectivity index (χ3n) is 5.86. The number of phenolic OH excluding ortho intramolecular Hbond substituents is 1. The fraction of sp³-hybridized carbons (Fsp3) is 0.650. The molecule has 5 nitrogen and oxygen atoms in total. The molecule has 3 rings (SSSR count). The first-order chi connectivity index (χ1) is 11.8. The first-order valence-electron chi connectivity index (χ1n) is 9.13. The van der Waals surface area contributed by atoms with Crippen molar-refractivity contribution in [2.75, 3.05) is 7.11 Å². The summed E-state index contributed by atoms with van der Waals surface area (Å²) < 4.78 is 11.7. The first kappa shape index (κ1) is 18.1. The van der Waals surface area contributed by atoms with Gasteiger partial charge in [-0.25, -0.2) is 0 Å². The van der Waals surface area contributed by atoms with Gasteiger partial charge >= 0.3 is 0 Å². The average molecular weight is 347 g/mol. The second-order valence-corrected chi connectivity index (χ2v) is 7.92. The van der Waals surface area contributed by atoms with E-state index >= 15 is 0 Å². The number of hydrogen-bond acceptors (Lipinski definition) is 4. The van der Waals surface area contributed by atoms with Crippen molar-refractivity contribution in [2.45, 2.75) is 64.2 Å². The summed E-state index contributed by atoms with van der Waals surface area (Å²) in [6, 6.07) is 5.21. The van der Waals surface area contributed by atoms with E-state index in [0.717, 1.165) is 24.8 Å². The van der Waals surface area contributed by atoms with Crippen LogP contribution < -0.4 is 10.1 Å². The van der Waals surface area contributed by atoms with Gasteiger partial charge in [-0.15, -0.1) is 0 Å². The van der Waals surface area contributed by atoms with Crippen LogP contribution in [0.1, 0.15) is 58.1 Å². The van der Waals surface area contributed by atoms with Gasteiger partial charge in [0.15, 0.2) is 0 Å². The highest BCUT2D eigenvalue weighted by Crippen LogP contribution is 2.49. The largest absolute Gasteiger partial charge is 0.508 e. The lowest BCUT2D eigenvalue weighted by Gasteiger charge is -2.52. The highest BCUT2D eigenvalue weighted by molar-refractivity contribution is 5.73. The number of benzene rings is 1. The summed E-state index contributed by atoms with van der Waals surface area (Å²) in [5.74, 6) is 1.79. The topological polar surface area (TPSA) is 67.8 Å². The molecule has 1 saturated heterocycles. The number of methoxy groups -OCH3 is 1. The van der Waals surface area contributed by atoms with Crippen molar-refractivity contribution in [3.63, 3.8) is 0 Å². The Morgan fingerprint density at radius 2 is 2.16 bits per heavy atom. The van der Waals surface area contributed by atoms with E-state index in [1.165, 1.54) is 0 Å². The molecular weight excluding hydrogens is 318 g/mol. The maximum atomic E-state index is 11.8. The fourth-order valence-electron chi connectivity index (χ4n) is 4.65. The lowest BCUT2D eigenvalue weighted by Crippen LogP contribution is -2.60. The zero-order chi connectivity index (χ0) is 18.2. The number of aromatic hydroxyl groups is 1.